The van der Waals surface area contributed by atoms with Gasteiger partial charge in [0.2, 0.25) is 0 Å². The lowest BCUT2D eigenvalue weighted by Crippen LogP contribution is -2.46. The first-order valence-electron chi connectivity index (χ1n) is 8.04. The van der Waals surface area contributed by atoms with E-state index in [1.54, 1.807) is 23.1 Å². The largest absolute Gasteiger partial charge is 0.362 e. The van der Waals surface area contributed by atoms with Gasteiger partial charge in [-0.1, -0.05) is 12.1 Å². The lowest BCUT2D eigenvalue weighted by Gasteiger charge is -2.36. The van der Waals surface area contributed by atoms with Gasteiger partial charge in [0.25, 0.3) is 17.1 Å². The highest BCUT2D eigenvalue weighted by Crippen LogP contribution is 2.34. The second-order valence-electron chi connectivity index (χ2n) is 5.91. The third-order valence-corrected chi connectivity index (χ3v) is 4.41. The number of nitro groups is 3. The standard InChI is InChI=1S/C16H15N5O6/c22-19(23)12-5-6-14(16(11-12)21(26)27)18-9-7-17(8-10-18)13-3-1-2-4-15(13)20(24)25/h1-6,11H,7-10H2. The molecule has 1 heterocycles. The summed E-state index contributed by atoms with van der Waals surface area (Å²) in [6.45, 7) is 1.65. The van der Waals surface area contributed by atoms with Gasteiger partial charge in [-0.05, 0) is 12.1 Å². The van der Waals surface area contributed by atoms with Crippen molar-refractivity contribution in [3.63, 3.8) is 0 Å². The van der Waals surface area contributed by atoms with E-state index >= 15 is 0 Å². The van der Waals surface area contributed by atoms with Crippen molar-refractivity contribution >= 4 is 28.4 Å². The number of nitrogens with zero attached hydrogens (tertiary/aromatic N) is 5. The zero-order valence-corrected chi connectivity index (χ0v) is 14.1. The average Bonchev–Trinajstić information content (AvgIpc) is 2.67. The van der Waals surface area contributed by atoms with E-state index in [9.17, 15) is 30.3 Å². The van der Waals surface area contributed by atoms with Gasteiger partial charge in [0.1, 0.15) is 11.4 Å². The molecule has 1 aliphatic rings. The Kier molecular flexibility index (Phi) is 4.83. The molecule has 0 saturated carbocycles. The molecular formula is C16H15N5O6. The summed E-state index contributed by atoms with van der Waals surface area (Å²) in [6, 6.07) is 9.97. The molecule has 27 heavy (non-hydrogen) atoms. The summed E-state index contributed by atoms with van der Waals surface area (Å²) in [5.41, 5.74) is 0.132. The van der Waals surface area contributed by atoms with Crippen LogP contribution in [-0.2, 0) is 0 Å². The third-order valence-electron chi connectivity index (χ3n) is 4.41. The Bertz CT molecular complexity index is 910. The van der Waals surface area contributed by atoms with E-state index in [-0.39, 0.29) is 17.1 Å². The molecular weight excluding hydrogens is 358 g/mol. The average molecular weight is 373 g/mol. The number of benzene rings is 2. The molecule has 0 aliphatic carbocycles. The summed E-state index contributed by atoms with van der Waals surface area (Å²) in [6.07, 6.45) is 0. The molecule has 0 amide bonds. The number of piperazine rings is 1. The maximum atomic E-state index is 11.3. The van der Waals surface area contributed by atoms with Crippen LogP contribution in [0.15, 0.2) is 42.5 Å². The maximum Gasteiger partial charge on any atom is 0.299 e. The Labute approximate surface area is 152 Å². The van der Waals surface area contributed by atoms with Crippen LogP contribution in [0.1, 0.15) is 0 Å². The quantitative estimate of drug-likeness (QED) is 0.576. The lowest BCUT2D eigenvalue weighted by molar-refractivity contribution is -0.393. The van der Waals surface area contributed by atoms with E-state index in [1.807, 2.05) is 4.90 Å². The van der Waals surface area contributed by atoms with Crippen LogP contribution in [0.25, 0.3) is 0 Å². The first-order valence-corrected chi connectivity index (χ1v) is 8.04. The van der Waals surface area contributed by atoms with Crippen molar-refractivity contribution < 1.29 is 14.8 Å². The first kappa shape index (κ1) is 18.0. The molecule has 1 aliphatic heterocycles. The lowest BCUT2D eigenvalue weighted by atomic mass is 10.1. The van der Waals surface area contributed by atoms with E-state index in [2.05, 4.69) is 0 Å². The van der Waals surface area contributed by atoms with E-state index in [4.69, 9.17) is 0 Å². The van der Waals surface area contributed by atoms with Crippen molar-refractivity contribution in [1.29, 1.82) is 0 Å². The summed E-state index contributed by atoms with van der Waals surface area (Å²) >= 11 is 0. The van der Waals surface area contributed by atoms with Crippen molar-refractivity contribution in [3.05, 3.63) is 72.8 Å². The minimum absolute atomic E-state index is 0.00673. The summed E-state index contributed by atoms with van der Waals surface area (Å²) in [5, 5.41) is 33.4. The highest BCUT2D eigenvalue weighted by atomic mass is 16.6. The Balaban J connectivity index is 1.81. The van der Waals surface area contributed by atoms with Gasteiger partial charge in [-0.25, -0.2) is 0 Å². The van der Waals surface area contributed by atoms with Crippen LogP contribution < -0.4 is 9.80 Å². The normalized spacial score (nSPS) is 14.1. The number of nitro benzene ring substituents is 3. The van der Waals surface area contributed by atoms with Crippen LogP contribution in [-0.4, -0.2) is 40.9 Å². The van der Waals surface area contributed by atoms with Crippen molar-refractivity contribution in [3.8, 4) is 0 Å². The fraction of sp³-hybridized carbons (Fsp3) is 0.250. The molecule has 0 bridgehead atoms. The minimum atomic E-state index is -0.677. The summed E-state index contributed by atoms with van der Waals surface area (Å²) in [7, 11) is 0. The number of non-ortho nitro benzene ring substituents is 1. The molecule has 0 N–H and O–H groups in total. The third kappa shape index (κ3) is 3.61. The number of hydrogen-bond acceptors (Lipinski definition) is 8. The molecule has 140 valence electrons. The van der Waals surface area contributed by atoms with E-state index in [1.165, 1.54) is 18.2 Å². The molecule has 11 nitrogen and oxygen atoms in total. The molecule has 11 heteroatoms. The number of para-hydroxylation sites is 2. The molecule has 0 atom stereocenters. The van der Waals surface area contributed by atoms with E-state index in [0.717, 1.165) is 6.07 Å². The van der Waals surface area contributed by atoms with Gasteiger partial charge in [0.05, 0.1) is 20.8 Å². The highest BCUT2D eigenvalue weighted by Gasteiger charge is 2.28. The molecule has 0 spiro atoms. The van der Waals surface area contributed by atoms with Crippen LogP contribution >= 0.6 is 0 Å². The monoisotopic (exact) mass is 373 g/mol. The fourth-order valence-electron chi connectivity index (χ4n) is 3.11. The minimum Gasteiger partial charge on any atom is -0.362 e. The van der Waals surface area contributed by atoms with Crippen LogP contribution in [0.5, 0.6) is 0 Å². The summed E-state index contributed by atoms with van der Waals surface area (Å²) in [4.78, 5) is 35.2. The Morgan fingerprint density at radius 3 is 1.70 bits per heavy atom. The van der Waals surface area contributed by atoms with Gasteiger partial charge in [0, 0.05) is 38.3 Å². The van der Waals surface area contributed by atoms with Crippen molar-refractivity contribution in [2.24, 2.45) is 0 Å². The van der Waals surface area contributed by atoms with Crippen LogP contribution in [0, 0.1) is 30.3 Å². The van der Waals surface area contributed by atoms with Crippen molar-refractivity contribution in [2.45, 2.75) is 0 Å². The zero-order valence-electron chi connectivity index (χ0n) is 14.1. The topological polar surface area (TPSA) is 136 Å². The Hall–Kier alpha value is -3.76. The molecule has 0 unspecified atom stereocenters. The molecule has 2 aromatic carbocycles. The van der Waals surface area contributed by atoms with E-state index in [0.29, 0.717) is 37.6 Å². The molecule has 3 rings (SSSR count). The van der Waals surface area contributed by atoms with Gasteiger partial charge in [0.15, 0.2) is 0 Å². The summed E-state index contributed by atoms with van der Waals surface area (Å²) in [5.74, 6) is 0. The Morgan fingerprint density at radius 1 is 0.667 bits per heavy atom. The Morgan fingerprint density at radius 2 is 1.19 bits per heavy atom. The summed E-state index contributed by atoms with van der Waals surface area (Å²) < 4.78 is 0. The van der Waals surface area contributed by atoms with Crippen molar-refractivity contribution in [2.75, 3.05) is 36.0 Å². The second-order valence-corrected chi connectivity index (χ2v) is 5.91. The number of rotatable bonds is 5. The molecule has 1 fully saturated rings. The van der Waals surface area contributed by atoms with Crippen LogP contribution in [0.2, 0.25) is 0 Å². The highest BCUT2D eigenvalue weighted by molar-refractivity contribution is 5.68. The van der Waals surface area contributed by atoms with Gasteiger partial charge in [-0.3, -0.25) is 30.3 Å². The van der Waals surface area contributed by atoms with Gasteiger partial charge in [-0.2, -0.15) is 0 Å². The number of anilines is 2. The fourth-order valence-corrected chi connectivity index (χ4v) is 3.11. The number of hydrogen-bond donors (Lipinski definition) is 0. The molecule has 2 aromatic rings. The predicted molar refractivity (Wildman–Crippen MR) is 97.3 cm³/mol. The van der Waals surface area contributed by atoms with Crippen LogP contribution in [0.3, 0.4) is 0 Å². The van der Waals surface area contributed by atoms with E-state index < -0.39 is 14.8 Å². The van der Waals surface area contributed by atoms with Gasteiger partial charge in [-0.15, -0.1) is 0 Å². The van der Waals surface area contributed by atoms with Crippen molar-refractivity contribution in [1.82, 2.24) is 0 Å². The SMILES string of the molecule is O=[N+]([O-])c1ccc(N2CCN(c3ccccc3[N+](=O)[O-])CC2)c([N+](=O)[O-])c1. The van der Waals surface area contributed by atoms with Crippen LogP contribution in [0.4, 0.5) is 28.4 Å². The predicted octanol–water partition coefficient (Wildman–Crippen LogP) is 2.74. The molecule has 1 saturated heterocycles. The zero-order chi connectivity index (χ0) is 19.6. The molecule has 0 aromatic heterocycles. The van der Waals surface area contributed by atoms with Gasteiger partial charge >= 0.3 is 0 Å². The smallest absolute Gasteiger partial charge is 0.299 e. The maximum absolute atomic E-state index is 11.3. The second kappa shape index (κ2) is 7.23. The first-order chi connectivity index (χ1) is 12.9. The molecule has 0 radical (unpaired) electrons. The van der Waals surface area contributed by atoms with Gasteiger partial charge < -0.3 is 9.80 Å².